The molecule has 0 fully saturated rings. The van der Waals surface area contributed by atoms with Crippen LogP contribution in [0.25, 0.3) is 11.3 Å². The molecule has 0 saturated heterocycles. The topological polar surface area (TPSA) is 52.5 Å². The first-order valence-corrected chi connectivity index (χ1v) is 6.51. The number of nitriles is 1. The van der Waals surface area contributed by atoms with Gasteiger partial charge in [0.1, 0.15) is 11.2 Å². The average Bonchev–Trinajstić information content (AvgIpc) is 2.89. The van der Waals surface area contributed by atoms with Gasteiger partial charge in [-0.1, -0.05) is 38.1 Å². The largest absolute Gasteiger partial charge is 0.341 e. The van der Waals surface area contributed by atoms with Gasteiger partial charge in [-0.3, -0.25) is 0 Å². The molecule has 0 unspecified atom stereocenters. The molecule has 0 aliphatic rings. The Labute approximate surface area is 114 Å². The van der Waals surface area contributed by atoms with E-state index in [1.807, 2.05) is 13.8 Å². The summed E-state index contributed by atoms with van der Waals surface area (Å²) in [6.07, 6.45) is 1.79. The Kier molecular flexibility index (Phi) is 3.44. The fourth-order valence-electron chi connectivity index (χ4n) is 1.89. The predicted octanol–water partition coefficient (Wildman–Crippen LogP) is 4.00. The van der Waals surface area contributed by atoms with Crippen LogP contribution in [-0.2, 0) is 5.41 Å². The van der Waals surface area contributed by atoms with Gasteiger partial charge in [0, 0.05) is 0 Å². The Balaban J connectivity index is 2.31. The molecule has 0 saturated carbocycles. The van der Waals surface area contributed by atoms with Gasteiger partial charge >= 0.3 is 0 Å². The van der Waals surface area contributed by atoms with Gasteiger partial charge in [0.25, 0.3) is 0 Å². The van der Waals surface area contributed by atoms with Crippen LogP contribution in [0.5, 0.6) is 0 Å². The zero-order chi connectivity index (χ0) is 14.0. The molecule has 0 aliphatic heterocycles. The number of imidazole rings is 1. The number of H-pyrrole nitrogens is 1. The number of rotatable bonds is 3. The lowest BCUT2D eigenvalue weighted by atomic mass is 9.95. The summed E-state index contributed by atoms with van der Waals surface area (Å²) in [7, 11) is 0. The summed E-state index contributed by atoms with van der Waals surface area (Å²) in [4.78, 5) is 7.55. The van der Waals surface area contributed by atoms with E-state index in [2.05, 4.69) is 54.2 Å². The number of benzene rings is 1. The molecule has 1 heterocycles. The average molecular weight is 253 g/mol. The first-order valence-electron chi connectivity index (χ1n) is 6.51. The van der Waals surface area contributed by atoms with E-state index in [-0.39, 0.29) is 0 Å². The molecule has 0 atom stereocenters. The SMILES string of the molecule is CC(C)c1ccc(-c2cnc(C(C)(C)C#N)[nH]2)cc1. The molecule has 0 spiro atoms. The lowest BCUT2D eigenvalue weighted by Gasteiger charge is -2.10. The van der Waals surface area contributed by atoms with Crippen molar-refractivity contribution < 1.29 is 0 Å². The molecule has 3 heteroatoms. The maximum atomic E-state index is 9.11. The van der Waals surface area contributed by atoms with Crippen LogP contribution in [0.15, 0.2) is 30.5 Å². The molecule has 0 bridgehead atoms. The normalized spacial score (nSPS) is 11.6. The fourth-order valence-corrected chi connectivity index (χ4v) is 1.89. The number of aromatic amines is 1. The van der Waals surface area contributed by atoms with E-state index in [1.54, 1.807) is 6.20 Å². The molecule has 2 aromatic rings. The highest BCUT2D eigenvalue weighted by Gasteiger charge is 2.23. The van der Waals surface area contributed by atoms with Crippen molar-refractivity contribution in [1.29, 1.82) is 5.26 Å². The Bertz CT molecular complexity index is 598. The highest BCUT2D eigenvalue weighted by atomic mass is 14.9. The summed E-state index contributed by atoms with van der Waals surface area (Å²) in [6.45, 7) is 8.08. The summed E-state index contributed by atoms with van der Waals surface area (Å²) in [5, 5.41) is 9.11. The Morgan fingerprint density at radius 1 is 1.21 bits per heavy atom. The van der Waals surface area contributed by atoms with Crippen molar-refractivity contribution in [1.82, 2.24) is 9.97 Å². The van der Waals surface area contributed by atoms with Gasteiger partial charge in [-0.25, -0.2) is 4.98 Å². The second kappa shape index (κ2) is 4.89. The van der Waals surface area contributed by atoms with Crippen molar-refractivity contribution in [2.24, 2.45) is 0 Å². The van der Waals surface area contributed by atoms with Gasteiger partial charge in [-0.15, -0.1) is 0 Å². The molecular weight excluding hydrogens is 234 g/mol. The highest BCUT2D eigenvalue weighted by Crippen LogP contribution is 2.25. The molecule has 0 aliphatic carbocycles. The third kappa shape index (κ3) is 2.68. The predicted molar refractivity (Wildman–Crippen MR) is 76.8 cm³/mol. The minimum atomic E-state index is -0.587. The van der Waals surface area contributed by atoms with Gasteiger partial charge in [0.2, 0.25) is 0 Å². The Morgan fingerprint density at radius 2 is 1.84 bits per heavy atom. The van der Waals surface area contributed by atoms with Gasteiger partial charge in [0.05, 0.1) is 18.0 Å². The molecule has 2 rings (SSSR count). The van der Waals surface area contributed by atoms with Crippen LogP contribution in [0, 0.1) is 11.3 Å². The number of aromatic nitrogens is 2. The molecule has 0 amide bonds. The van der Waals surface area contributed by atoms with Crippen molar-refractivity contribution in [3.63, 3.8) is 0 Å². The lowest BCUT2D eigenvalue weighted by Crippen LogP contribution is -2.15. The van der Waals surface area contributed by atoms with E-state index in [0.29, 0.717) is 11.7 Å². The van der Waals surface area contributed by atoms with Crippen molar-refractivity contribution in [3.05, 3.63) is 41.9 Å². The quantitative estimate of drug-likeness (QED) is 0.898. The molecular formula is C16H19N3. The van der Waals surface area contributed by atoms with Crippen molar-refractivity contribution in [2.45, 2.75) is 39.0 Å². The van der Waals surface area contributed by atoms with Crippen LogP contribution in [0.4, 0.5) is 0 Å². The van der Waals surface area contributed by atoms with E-state index in [0.717, 1.165) is 11.3 Å². The molecule has 1 N–H and O–H groups in total. The van der Waals surface area contributed by atoms with Gasteiger partial charge in [0.15, 0.2) is 0 Å². The standard InChI is InChI=1S/C16H19N3/c1-11(2)12-5-7-13(8-6-12)14-9-18-15(19-14)16(3,4)10-17/h5-9,11H,1-4H3,(H,18,19). The minimum absolute atomic E-state index is 0.531. The van der Waals surface area contributed by atoms with Crippen molar-refractivity contribution in [3.8, 4) is 17.3 Å². The third-order valence-corrected chi connectivity index (χ3v) is 3.34. The lowest BCUT2D eigenvalue weighted by molar-refractivity contribution is 0.640. The molecule has 98 valence electrons. The Hall–Kier alpha value is -2.08. The van der Waals surface area contributed by atoms with E-state index in [4.69, 9.17) is 5.26 Å². The minimum Gasteiger partial charge on any atom is -0.341 e. The van der Waals surface area contributed by atoms with Gasteiger partial charge < -0.3 is 4.98 Å². The zero-order valence-corrected chi connectivity index (χ0v) is 11.9. The Morgan fingerprint density at radius 3 is 2.37 bits per heavy atom. The molecule has 0 radical (unpaired) electrons. The molecule has 1 aromatic carbocycles. The van der Waals surface area contributed by atoms with Crippen LogP contribution in [0.1, 0.15) is 45.0 Å². The maximum Gasteiger partial charge on any atom is 0.126 e. The van der Waals surface area contributed by atoms with Gasteiger partial charge in [-0.05, 0) is 30.9 Å². The smallest absolute Gasteiger partial charge is 0.126 e. The monoisotopic (exact) mass is 253 g/mol. The van der Waals surface area contributed by atoms with Crippen LogP contribution in [0.3, 0.4) is 0 Å². The summed E-state index contributed by atoms with van der Waals surface area (Å²) in [5.41, 5.74) is 2.78. The second-order valence-electron chi connectivity index (χ2n) is 5.66. The number of hydrogen-bond acceptors (Lipinski definition) is 2. The summed E-state index contributed by atoms with van der Waals surface area (Å²) < 4.78 is 0. The molecule has 19 heavy (non-hydrogen) atoms. The summed E-state index contributed by atoms with van der Waals surface area (Å²) >= 11 is 0. The van der Waals surface area contributed by atoms with Crippen LogP contribution >= 0.6 is 0 Å². The van der Waals surface area contributed by atoms with E-state index in [1.165, 1.54) is 5.56 Å². The van der Waals surface area contributed by atoms with Crippen LogP contribution in [-0.4, -0.2) is 9.97 Å². The zero-order valence-electron chi connectivity index (χ0n) is 11.9. The number of hydrogen-bond donors (Lipinski definition) is 1. The highest BCUT2D eigenvalue weighted by molar-refractivity contribution is 5.59. The van der Waals surface area contributed by atoms with Crippen molar-refractivity contribution in [2.75, 3.05) is 0 Å². The van der Waals surface area contributed by atoms with Gasteiger partial charge in [-0.2, -0.15) is 5.26 Å². The van der Waals surface area contributed by atoms with E-state index in [9.17, 15) is 0 Å². The first kappa shape index (κ1) is 13.4. The van der Waals surface area contributed by atoms with E-state index < -0.39 is 5.41 Å². The first-order chi connectivity index (χ1) is 8.94. The second-order valence-corrected chi connectivity index (χ2v) is 5.66. The van der Waals surface area contributed by atoms with Crippen molar-refractivity contribution >= 4 is 0 Å². The van der Waals surface area contributed by atoms with Crippen LogP contribution < -0.4 is 0 Å². The number of nitrogens with zero attached hydrogens (tertiary/aromatic N) is 2. The van der Waals surface area contributed by atoms with E-state index >= 15 is 0 Å². The molecule has 1 aromatic heterocycles. The summed E-state index contributed by atoms with van der Waals surface area (Å²) in [6, 6.07) is 10.7. The maximum absolute atomic E-state index is 9.11. The molecule has 3 nitrogen and oxygen atoms in total. The number of nitrogens with one attached hydrogen (secondary N) is 1. The van der Waals surface area contributed by atoms with Crippen LogP contribution in [0.2, 0.25) is 0 Å². The fraction of sp³-hybridized carbons (Fsp3) is 0.375. The summed E-state index contributed by atoms with van der Waals surface area (Å²) in [5.74, 6) is 1.24. The third-order valence-electron chi connectivity index (χ3n) is 3.34.